The van der Waals surface area contributed by atoms with Gasteiger partial charge in [0.2, 0.25) is 15.9 Å². The molecule has 1 fully saturated rings. The fraction of sp³-hybridized carbons (Fsp3) is 0.385. The molecule has 1 aromatic carbocycles. The van der Waals surface area contributed by atoms with Crippen LogP contribution < -0.4 is 5.32 Å². The molecule has 1 heterocycles. The average Bonchev–Trinajstić information content (AvgIpc) is 2.90. The van der Waals surface area contributed by atoms with E-state index in [1.54, 1.807) is 0 Å². The lowest BCUT2D eigenvalue weighted by molar-refractivity contribution is -0.140. The van der Waals surface area contributed by atoms with Crippen molar-refractivity contribution in [2.75, 3.05) is 11.9 Å². The normalized spacial score (nSPS) is 19.1. The first-order chi connectivity index (χ1) is 10.2. The van der Waals surface area contributed by atoms with E-state index in [0.717, 1.165) is 4.31 Å². The van der Waals surface area contributed by atoms with Crippen LogP contribution in [0, 0.1) is 0 Å². The molecule has 22 heavy (non-hydrogen) atoms. The number of rotatable bonds is 4. The van der Waals surface area contributed by atoms with Crippen molar-refractivity contribution < 1.29 is 23.1 Å². The first-order valence-electron chi connectivity index (χ1n) is 6.55. The number of carboxylic acid groups (broad SMARTS) is 1. The number of carboxylic acids is 1. The second-order valence-corrected chi connectivity index (χ2v) is 7.68. The number of amides is 1. The molecule has 1 saturated heterocycles. The quantitative estimate of drug-likeness (QED) is 0.812. The van der Waals surface area contributed by atoms with Crippen LogP contribution in [0.3, 0.4) is 0 Å². The molecule has 2 N–H and O–H groups in total. The van der Waals surface area contributed by atoms with Crippen molar-refractivity contribution >= 4 is 43.5 Å². The van der Waals surface area contributed by atoms with Crippen LogP contribution in [0.5, 0.6) is 0 Å². The highest BCUT2D eigenvalue weighted by Gasteiger charge is 2.39. The molecule has 1 aromatic rings. The third-order valence-corrected chi connectivity index (χ3v) is 5.91. The van der Waals surface area contributed by atoms with Crippen LogP contribution in [0.1, 0.15) is 19.8 Å². The smallest absolute Gasteiger partial charge is 0.322 e. The van der Waals surface area contributed by atoms with E-state index >= 15 is 0 Å². The SMILES string of the molecule is CC(=O)Nc1ccc(S(=O)(=O)N2CCCC2C(=O)O)cc1Br. The van der Waals surface area contributed by atoms with Gasteiger partial charge in [-0.3, -0.25) is 9.59 Å². The van der Waals surface area contributed by atoms with Crippen LogP contribution in [0.25, 0.3) is 0 Å². The average molecular weight is 391 g/mol. The van der Waals surface area contributed by atoms with E-state index in [2.05, 4.69) is 21.2 Å². The molecular formula is C13H15BrN2O5S. The molecule has 120 valence electrons. The minimum atomic E-state index is -3.89. The zero-order valence-corrected chi connectivity index (χ0v) is 14.1. The van der Waals surface area contributed by atoms with E-state index in [1.807, 2.05) is 0 Å². The van der Waals surface area contributed by atoms with Crippen LogP contribution in [0.2, 0.25) is 0 Å². The summed E-state index contributed by atoms with van der Waals surface area (Å²) in [5.41, 5.74) is 0.447. The van der Waals surface area contributed by atoms with Gasteiger partial charge in [-0.1, -0.05) is 0 Å². The third kappa shape index (κ3) is 3.31. The van der Waals surface area contributed by atoms with E-state index in [4.69, 9.17) is 5.11 Å². The molecule has 9 heteroatoms. The first kappa shape index (κ1) is 16.9. The Labute approximate surface area is 136 Å². The van der Waals surface area contributed by atoms with E-state index < -0.39 is 22.0 Å². The van der Waals surface area contributed by atoms with Crippen molar-refractivity contribution in [2.45, 2.75) is 30.7 Å². The predicted octanol–water partition coefficient (Wildman–Crippen LogP) is 1.65. The molecule has 0 spiro atoms. The lowest BCUT2D eigenvalue weighted by Crippen LogP contribution is -2.40. The summed E-state index contributed by atoms with van der Waals surface area (Å²) in [5.74, 6) is -1.42. The Morgan fingerprint density at radius 2 is 2.09 bits per heavy atom. The molecule has 2 rings (SSSR count). The molecule has 0 aromatic heterocycles. The van der Waals surface area contributed by atoms with Crippen LogP contribution in [-0.4, -0.2) is 42.3 Å². The van der Waals surface area contributed by atoms with E-state index in [1.165, 1.54) is 25.1 Å². The molecule has 1 aliphatic heterocycles. The van der Waals surface area contributed by atoms with Gasteiger partial charge in [0, 0.05) is 17.9 Å². The van der Waals surface area contributed by atoms with Gasteiger partial charge in [0.05, 0.1) is 10.6 Å². The molecule has 0 radical (unpaired) electrons. The van der Waals surface area contributed by atoms with Crippen molar-refractivity contribution in [2.24, 2.45) is 0 Å². The number of aliphatic carboxylic acids is 1. The van der Waals surface area contributed by atoms with Gasteiger partial charge in [-0.2, -0.15) is 4.31 Å². The second-order valence-electron chi connectivity index (χ2n) is 4.93. The predicted molar refractivity (Wildman–Crippen MR) is 83.0 cm³/mol. The number of nitrogens with one attached hydrogen (secondary N) is 1. The van der Waals surface area contributed by atoms with Crippen molar-refractivity contribution in [1.29, 1.82) is 0 Å². The Balaban J connectivity index is 2.36. The largest absolute Gasteiger partial charge is 0.480 e. The minimum Gasteiger partial charge on any atom is -0.480 e. The lowest BCUT2D eigenvalue weighted by atomic mass is 10.2. The standard InChI is InChI=1S/C13H15BrN2O5S/c1-8(17)15-11-5-4-9(7-10(11)14)22(20,21)16-6-2-3-12(16)13(18)19/h4-5,7,12H,2-3,6H2,1H3,(H,15,17)(H,18,19). The summed E-state index contributed by atoms with van der Waals surface area (Å²) >= 11 is 3.21. The fourth-order valence-electron chi connectivity index (χ4n) is 2.36. The van der Waals surface area contributed by atoms with E-state index in [0.29, 0.717) is 23.0 Å². The van der Waals surface area contributed by atoms with Gasteiger partial charge in [-0.05, 0) is 47.0 Å². The number of hydrogen-bond acceptors (Lipinski definition) is 4. The highest BCUT2D eigenvalue weighted by Crippen LogP contribution is 2.30. The van der Waals surface area contributed by atoms with Crippen LogP contribution in [0.15, 0.2) is 27.6 Å². The van der Waals surface area contributed by atoms with Gasteiger partial charge in [0.1, 0.15) is 6.04 Å². The Morgan fingerprint density at radius 1 is 1.41 bits per heavy atom. The summed E-state index contributed by atoms with van der Waals surface area (Å²) in [6.07, 6.45) is 0.820. The van der Waals surface area contributed by atoms with Gasteiger partial charge in [-0.25, -0.2) is 8.42 Å². The van der Waals surface area contributed by atoms with Crippen molar-refractivity contribution in [3.63, 3.8) is 0 Å². The maximum Gasteiger partial charge on any atom is 0.322 e. The molecule has 7 nitrogen and oxygen atoms in total. The number of carbonyl (C=O) groups is 2. The van der Waals surface area contributed by atoms with E-state index in [-0.39, 0.29) is 17.3 Å². The lowest BCUT2D eigenvalue weighted by Gasteiger charge is -2.21. The highest BCUT2D eigenvalue weighted by atomic mass is 79.9. The number of anilines is 1. The topological polar surface area (TPSA) is 104 Å². The van der Waals surface area contributed by atoms with Gasteiger partial charge >= 0.3 is 5.97 Å². The molecular weight excluding hydrogens is 376 g/mol. The minimum absolute atomic E-state index is 0.0124. The number of halogens is 1. The number of carbonyl (C=O) groups excluding carboxylic acids is 1. The van der Waals surface area contributed by atoms with Crippen LogP contribution in [0.4, 0.5) is 5.69 Å². The molecule has 0 bridgehead atoms. The van der Waals surface area contributed by atoms with Crippen molar-refractivity contribution in [3.8, 4) is 0 Å². The molecule has 0 saturated carbocycles. The molecule has 1 atom stereocenters. The summed E-state index contributed by atoms with van der Waals surface area (Å²) < 4.78 is 26.6. The van der Waals surface area contributed by atoms with Gasteiger partial charge in [-0.15, -0.1) is 0 Å². The Kier molecular flexibility index (Phi) is 4.88. The fourth-order valence-corrected chi connectivity index (χ4v) is 4.66. The number of hydrogen-bond donors (Lipinski definition) is 2. The highest BCUT2D eigenvalue weighted by molar-refractivity contribution is 9.10. The monoisotopic (exact) mass is 390 g/mol. The maximum atomic E-state index is 12.6. The second kappa shape index (κ2) is 6.35. The summed E-state index contributed by atoms with van der Waals surface area (Å²) in [5, 5.41) is 11.7. The molecule has 0 aliphatic carbocycles. The number of sulfonamides is 1. The summed E-state index contributed by atoms with van der Waals surface area (Å²) in [6.45, 7) is 1.53. The Hall–Kier alpha value is -1.45. The van der Waals surface area contributed by atoms with Gasteiger partial charge < -0.3 is 10.4 Å². The molecule has 1 amide bonds. The number of benzene rings is 1. The molecule has 1 aliphatic rings. The van der Waals surface area contributed by atoms with Gasteiger partial charge in [0.15, 0.2) is 0 Å². The molecule has 1 unspecified atom stereocenters. The van der Waals surface area contributed by atoms with Crippen LogP contribution in [-0.2, 0) is 19.6 Å². The summed E-state index contributed by atoms with van der Waals surface area (Å²) in [4.78, 5) is 22.2. The zero-order valence-electron chi connectivity index (χ0n) is 11.7. The maximum absolute atomic E-state index is 12.6. The van der Waals surface area contributed by atoms with Crippen molar-refractivity contribution in [3.05, 3.63) is 22.7 Å². The summed E-state index contributed by atoms with van der Waals surface area (Å²) in [7, 11) is -3.89. The Morgan fingerprint density at radius 3 is 2.64 bits per heavy atom. The van der Waals surface area contributed by atoms with Crippen molar-refractivity contribution in [1.82, 2.24) is 4.31 Å². The summed E-state index contributed by atoms with van der Waals surface area (Å²) in [6, 6.07) is 3.14. The number of nitrogens with zero attached hydrogens (tertiary/aromatic N) is 1. The third-order valence-electron chi connectivity index (χ3n) is 3.35. The van der Waals surface area contributed by atoms with Gasteiger partial charge in [0.25, 0.3) is 0 Å². The van der Waals surface area contributed by atoms with Crippen LogP contribution >= 0.6 is 15.9 Å². The van der Waals surface area contributed by atoms with E-state index in [9.17, 15) is 18.0 Å². The first-order valence-corrected chi connectivity index (χ1v) is 8.78. The zero-order chi connectivity index (χ0) is 16.5. The Bertz CT molecular complexity index is 719.